The van der Waals surface area contributed by atoms with Gasteiger partial charge < -0.3 is 9.64 Å². The first kappa shape index (κ1) is 18.6. The molecule has 0 N–H and O–H groups in total. The zero-order valence-corrected chi connectivity index (χ0v) is 16.1. The number of anilines is 1. The van der Waals surface area contributed by atoms with Gasteiger partial charge in [-0.1, -0.05) is 28.8 Å². The summed E-state index contributed by atoms with van der Waals surface area (Å²) in [6, 6.07) is 7.57. The maximum atomic E-state index is 12.2. The average Bonchev–Trinajstić information content (AvgIpc) is 3.04. The summed E-state index contributed by atoms with van der Waals surface area (Å²) in [4.78, 5) is 15.8. The zero-order chi connectivity index (χ0) is 18.7. The van der Waals surface area contributed by atoms with Crippen LogP contribution in [0.1, 0.15) is 39.2 Å². The van der Waals surface area contributed by atoms with Crippen LogP contribution in [0, 0.1) is 5.92 Å². The Labute approximate surface area is 158 Å². The van der Waals surface area contributed by atoms with Crippen molar-refractivity contribution >= 4 is 23.5 Å². The first-order chi connectivity index (χ1) is 12.3. The monoisotopic (exact) mass is 377 g/mol. The van der Waals surface area contributed by atoms with Gasteiger partial charge in [-0.3, -0.25) is 4.79 Å². The molecule has 26 heavy (non-hydrogen) atoms. The Bertz CT molecular complexity index is 746. The van der Waals surface area contributed by atoms with E-state index in [1.807, 2.05) is 45.0 Å². The Morgan fingerprint density at radius 2 is 1.88 bits per heavy atom. The van der Waals surface area contributed by atoms with E-state index in [0.717, 1.165) is 31.5 Å². The lowest BCUT2D eigenvalue weighted by Gasteiger charge is -2.31. The maximum absolute atomic E-state index is 12.2. The molecule has 1 aliphatic heterocycles. The topological polar surface area (TPSA) is 73.1 Å². The van der Waals surface area contributed by atoms with Crippen LogP contribution < -0.4 is 4.90 Å². The van der Waals surface area contributed by atoms with Crippen molar-refractivity contribution in [3.05, 3.63) is 34.9 Å². The molecular formula is C18H24ClN5O2. The second-order valence-electron chi connectivity index (χ2n) is 7.54. The van der Waals surface area contributed by atoms with Crippen LogP contribution in [0.25, 0.3) is 0 Å². The highest BCUT2D eigenvalue weighted by atomic mass is 35.5. The highest BCUT2D eigenvalue weighted by molar-refractivity contribution is 6.30. The van der Waals surface area contributed by atoms with E-state index in [4.69, 9.17) is 16.3 Å². The van der Waals surface area contributed by atoms with Crippen LogP contribution in [0.5, 0.6) is 0 Å². The largest absolute Gasteiger partial charge is 0.460 e. The quantitative estimate of drug-likeness (QED) is 0.763. The zero-order valence-electron chi connectivity index (χ0n) is 15.4. The molecule has 1 aromatic heterocycles. The minimum absolute atomic E-state index is 0.0606. The van der Waals surface area contributed by atoms with E-state index in [-0.39, 0.29) is 11.9 Å². The fourth-order valence-electron chi connectivity index (χ4n) is 2.88. The van der Waals surface area contributed by atoms with Crippen molar-refractivity contribution < 1.29 is 9.53 Å². The lowest BCUT2D eigenvalue weighted by Crippen LogP contribution is -2.39. The van der Waals surface area contributed by atoms with Gasteiger partial charge in [-0.05, 0) is 56.5 Å². The number of aromatic nitrogens is 4. The van der Waals surface area contributed by atoms with Gasteiger partial charge in [0, 0.05) is 18.1 Å². The SMILES string of the molecule is CC(C)(C)OC(=O)C1CCN(c2nnn(Cc3ccc(Cl)cc3)n2)CC1. The number of tetrazole rings is 1. The lowest BCUT2D eigenvalue weighted by molar-refractivity contribution is -0.160. The van der Waals surface area contributed by atoms with Gasteiger partial charge in [-0.2, -0.15) is 4.80 Å². The summed E-state index contributed by atoms with van der Waals surface area (Å²) in [6.07, 6.45) is 1.47. The van der Waals surface area contributed by atoms with Crippen LogP contribution in [0.3, 0.4) is 0 Å². The Morgan fingerprint density at radius 1 is 1.23 bits per heavy atom. The molecule has 2 heterocycles. The van der Waals surface area contributed by atoms with Crippen LogP contribution in [-0.2, 0) is 16.1 Å². The Balaban J connectivity index is 1.54. The number of rotatable bonds is 4. The normalized spacial score (nSPS) is 15.9. The highest BCUT2D eigenvalue weighted by Crippen LogP contribution is 2.23. The molecular weight excluding hydrogens is 354 g/mol. The highest BCUT2D eigenvalue weighted by Gasteiger charge is 2.30. The second-order valence-corrected chi connectivity index (χ2v) is 7.98. The predicted octanol–water partition coefficient (Wildman–Crippen LogP) is 2.93. The van der Waals surface area contributed by atoms with E-state index in [0.29, 0.717) is 17.5 Å². The standard InChI is InChI=1S/C18H24ClN5O2/c1-18(2,3)26-16(25)14-8-10-23(11-9-14)17-20-22-24(21-17)12-13-4-6-15(19)7-5-13/h4-7,14H,8-12H2,1-3H3. The molecule has 3 rings (SSSR count). The van der Waals surface area contributed by atoms with Crippen LogP contribution in [0.15, 0.2) is 24.3 Å². The summed E-state index contributed by atoms with van der Waals surface area (Å²) in [5.74, 6) is 0.424. The minimum atomic E-state index is -0.444. The number of piperidine rings is 1. The fraction of sp³-hybridized carbons (Fsp3) is 0.556. The number of carbonyl (C=O) groups is 1. The number of carbonyl (C=O) groups excluding carboxylic acids is 1. The third-order valence-electron chi connectivity index (χ3n) is 4.20. The van der Waals surface area contributed by atoms with Crippen LogP contribution in [0.2, 0.25) is 5.02 Å². The number of nitrogens with zero attached hydrogens (tertiary/aromatic N) is 5. The molecule has 0 saturated carbocycles. The van der Waals surface area contributed by atoms with Crippen molar-refractivity contribution in [2.75, 3.05) is 18.0 Å². The van der Waals surface area contributed by atoms with Crippen molar-refractivity contribution in [1.29, 1.82) is 0 Å². The van der Waals surface area contributed by atoms with E-state index >= 15 is 0 Å². The van der Waals surface area contributed by atoms with Gasteiger partial charge in [0.15, 0.2) is 0 Å². The van der Waals surface area contributed by atoms with Gasteiger partial charge in [0.2, 0.25) is 0 Å². The average molecular weight is 378 g/mol. The molecule has 2 aromatic rings. The van der Waals surface area contributed by atoms with E-state index in [9.17, 15) is 4.79 Å². The Hall–Kier alpha value is -2.15. The lowest BCUT2D eigenvalue weighted by atomic mass is 9.97. The van der Waals surface area contributed by atoms with E-state index < -0.39 is 5.60 Å². The Kier molecular flexibility index (Phi) is 5.46. The van der Waals surface area contributed by atoms with Crippen molar-refractivity contribution in [3.63, 3.8) is 0 Å². The predicted molar refractivity (Wildman–Crippen MR) is 99.2 cm³/mol. The summed E-state index contributed by atoms with van der Waals surface area (Å²) in [5, 5.41) is 13.4. The van der Waals surface area contributed by atoms with Gasteiger partial charge in [-0.15, -0.1) is 5.10 Å². The van der Waals surface area contributed by atoms with Crippen molar-refractivity contribution in [2.24, 2.45) is 5.92 Å². The molecule has 0 amide bonds. The number of benzene rings is 1. The number of hydrogen-bond donors (Lipinski definition) is 0. The molecule has 1 aromatic carbocycles. The first-order valence-electron chi connectivity index (χ1n) is 8.80. The smallest absolute Gasteiger partial charge is 0.309 e. The molecule has 1 aliphatic rings. The van der Waals surface area contributed by atoms with Crippen molar-refractivity contribution in [2.45, 2.75) is 45.8 Å². The van der Waals surface area contributed by atoms with Gasteiger partial charge in [0.05, 0.1) is 12.5 Å². The molecule has 7 nitrogen and oxygen atoms in total. The molecule has 0 bridgehead atoms. The summed E-state index contributed by atoms with van der Waals surface area (Å²) in [7, 11) is 0. The van der Waals surface area contributed by atoms with Crippen molar-refractivity contribution in [1.82, 2.24) is 20.2 Å². The first-order valence-corrected chi connectivity index (χ1v) is 9.18. The molecule has 0 radical (unpaired) electrons. The second kappa shape index (κ2) is 7.61. The molecule has 8 heteroatoms. The molecule has 0 spiro atoms. The third kappa shape index (κ3) is 4.94. The molecule has 1 fully saturated rings. The van der Waals surface area contributed by atoms with Crippen LogP contribution >= 0.6 is 11.6 Å². The third-order valence-corrected chi connectivity index (χ3v) is 4.45. The summed E-state index contributed by atoms with van der Waals surface area (Å²) >= 11 is 5.90. The van der Waals surface area contributed by atoms with Crippen LogP contribution in [0.4, 0.5) is 5.95 Å². The van der Waals surface area contributed by atoms with Crippen molar-refractivity contribution in [3.8, 4) is 0 Å². The van der Waals surface area contributed by atoms with Crippen LogP contribution in [-0.4, -0.2) is 44.9 Å². The minimum Gasteiger partial charge on any atom is -0.460 e. The van der Waals surface area contributed by atoms with E-state index in [1.165, 1.54) is 0 Å². The van der Waals surface area contributed by atoms with E-state index in [2.05, 4.69) is 20.3 Å². The maximum Gasteiger partial charge on any atom is 0.309 e. The summed E-state index contributed by atoms with van der Waals surface area (Å²) in [5.41, 5.74) is 0.613. The molecule has 140 valence electrons. The number of esters is 1. The molecule has 0 atom stereocenters. The van der Waals surface area contributed by atoms with Gasteiger partial charge >= 0.3 is 5.97 Å². The fourth-order valence-corrected chi connectivity index (χ4v) is 3.01. The number of hydrogen-bond acceptors (Lipinski definition) is 6. The number of halogens is 1. The molecule has 0 aliphatic carbocycles. The van der Waals surface area contributed by atoms with Gasteiger partial charge in [-0.25, -0.2) is 0 Å². The number of ether oxygens (including phenoxy) is 1. The molecule has 1 saturated heterocycles. The molecule has 0 unspecified atom stereocenters. The summed E-state index contributed by atoms with van der Waals surface area (Å²) in [6.45, 7) is 7.65. The summed E-state index contributed by atoms with van der Waals surface area (Å²) < 4.78 is 5.48. The van der Waals surface area contributed by atoms with Gasteiger partial charge in [0.1, 0.15) is 5.60 Å². The van der Waals surface area contributed by atoms with E-state index in [1.54, 1.807) is 4.80 Å². The Morgan fingerprint density at radius 3 is 2.50 bits per heavy atom. The van der Waals surface area contributed by atoms with Gasteiger partial charge in [0.25, 0.3) is 5.95 Å².